The van der Waals surface area contributed by atoms with Crippen LogP contribution < -0.4 is 0 Å². The molecule has 3 rings (SSSR count). The highest BCUT2D eigenvalue weighted by atomic mass is 16.2. The van der Waals surface area contributed by atoms with E-state index in [0.717, 1.165) is 29.7 Å². The first-order chi connectivity index (χ1) is 13.8. The van der Waals surface area contributed by atoms with Crippen molar-refractivity contribution >= 4 is 17.5 Å². The summed E-state index contributed by atoms with van der Waals surface area (Å²) in [6, 6.07) is 14.3. The van der Waals surface area contributed by atoms with E-state index in [1.807, 2.05) is 69.2 Å². The van der Waals surface area contributed by atoms with Crippen molar-refractivity contribution in [2.45, 2.75) is 26.3 Å². The molecule has 152 valence electrons. The summed E-state index contributed by atoms with van der Waals surface area (Å²) < 4.78 is 0. The first-order valence-corrected chi connectivity index (χ1v) is 9.96. The second kappa shape index (κ2) is 8.70. The van der Waals surface area contributed by atoms with Gasteiger partial charge in [-0.15, -0.1) is 0 Å². The van der Waals surface area contributed by atoms with Crippen molar-refractivity contribution in [3.63, 3.8) is 0 Å². The van der Waals surface area contributed by atoms with Crippen LogP contribution in [-0.2, 0) is 9.59 Å². The predicted octanol–water partition coefficient (Wildman–Crippen LogP) is 3.21. The van der Waals surface area contributed by atoms with Crippen LogP contribution in [0.5, 0.6) is 0 Å². The molecule has 1 aliphatic heterocycles. The van der Waals surface area contributed by atoms with Crippen molar-refractivity contribution in [2.24, 2.45) is 5.92 Å². The zero-order valence-corrected chi connectivity index (χ0v) is 17.5. The van der Waals surface area contributed by atoms with Gasteiger partial charge in [0.25, 0.3) is 5.91 Å². The summed E-state index contributed by atoms with van der Waals surface area (Å²) in [5.41, 5.74) is 3.42. The van der Waals surface area contributed by atoms with Crippen LogP contribution in [0.3, 0.4) is 0 Å². The topological polar surface area (TPSA) is 57.7 Å². The molecule has 0 aromatic heterocycles. The maximum atomic E-state index is 13.3. The third kappa shape index (κ3) is 4.46. The molecule has 29 heavy (non-hydrogen) atoms. The van der Waals surface area contributed by atoms with Gasteiger partial charge in [-0.2, -0.15) is 0 Å². The van der Waals surface area contributed by atoms with E-state index in [1.54, 1.807) is 17.0 Å². The lowest BCUT2D eigenvalue weighted by atomic mass is 9.86. The van der Waals surface area contributed by atoms with E-state index in [1.165, 1.54) is 0 Å². The van der Waals surface area contributed by atoms with Gasteiger partial charge in [0.2, 0.25) is 5.78 Å². The standard InChI is InChI=1S/C24H28N2O3/c1-16-6-10-18(11-7-16)21-20(22(27)19-12-8-17(2)9-13-19)23(28)24(29)26(21)15-5-14-25(3)4/h6-13,20-21H,5,14-15H2,1-4H3. The number of Topliss-reactive ketones (excluding diaryl/α,β-unsaturated/α-hetero) is 2. The number of carbonyl (C=O) groups is 3. The molecular formula is C24H28N2O3. The van der Waals surface area contributed by atoms with Crippen LogP contribution in [0.25, 0.3) is 0 Å². The SMILES string of the molecule is Cc1ccc(C(=O)C2C(=O)C(=O)N(CCCN(C)C)C2c2ccc(C)cc2)cc1. The Morgan fingerprint density at radius 2 is 1.48 bits per heavy atom. The van der Waals surface area contributed by atoms with Gasteiger partial charge in [-0.25, -0.2) is 0 Å². The van der Waals surface area contributed by atoms with E-state index < -0.39 is 23.7 Å². The van der Waals surface area contributed by atoms with E-state index in [0.29, 0.717) is 12.1 Å². The molecule has 0 radical (unpaired) electrons. The highest BCUT2D eigenvalue weighted by Gasteiger charge is 2.51. The number of likely N-dealkylation sites (tertiary alicyclic amines) is 1. The number of rotatable bonds is 7. The van der Waals surface area contributed by atoms with Gasteiger partial charge in [0.1, 0.15) is 5.92 Å². The molecule has 2 aromatic carbocycles. The Bertz CT molecular complexity index is 901. The lowest BCUT2D eigenvalue weighted by molar-refractivity contribution is -0.140. The van der Waals surface area contributed by atoms with Crippen LogP contribution in [0.4, 0.5) is 0 Å². The molecule has 1 saturated heterocycles. The fraction of sp³-hybridized carbons (Fsp3) is 0.375. The third-order valence-corrected chi connectivity index (χ3v) is 5.45. The molecule has 2 aromatic rings. The van der Waals surface area contributed by atoms with Gasteiger partial charge in [0.15, 0.2) is 5.78 Å². The second-order valence-electron chi connectivity index (χ2n) is 8.08. The van der Waals surface area contributed by atoms with Gasteiger partial charge >= 0.3 is 0 Å². The molecule has 5 heteroatoms. The molecule has 2 atom stereocenters. The van der Waals surface area contributed by atoms with Gasteiger partial charge < -0.3 is 9.80 Å². The summed E-state index contributed by atoms with van der Waals surface area (Å²) in [6.45, 7) is 5.17. The molecule has 1 heterocycles. The van der Waals surface area contributed by atoms with Crippen molar-refractivity contribution in [2.75, 3.05) is 27.2 Å². The average Bonchev–Trinajstić information content (AvgIpc) is 2.93. The highest BCUT2D eigenvalue weighted by molar-refractivity contribution is 6.44. The molecule has 1 amide bonds. The first kappa shape index (κ1) is 20.9. The molecule has 2 unspecified atom stereocenters. The highest BCUT2D eigenvalue weighted by Crippen LogP contribution is 2.38. The maximum Gasteiger partial charge on any atom is 0.291 e. The third-order valence-electron chi connectivity index (χ3n) is 5.45. The van der Waals surface area contributed by atoms with E-state index in [4.69, 9.17) is 0 Å². The van der Waals surface area contributed by atoms with Crippen LogP contribution in [0.2, 0.25) is 0 Å². The minimum atomic E-state index is -1.01. The van der Waals surface area contributed by atoms with Crippen molar-refractivity contribution in [3.8, 4) is 0 Å². The summed E-state index contributed by atoms with van der Waals surface area (Å²) in [5, 5.41) is 0. The summed E-state index contributed by atoms with van der Waals surface area (Å²) >= 11 is 0. The van der Waals surface area contributed by atoms with Crippen LogP contribution in [0.15, 0.2) is 48.5 Å². The van der Waals surface area contributed by atoms with Crippen LogP contribution >= 0.6 is 0 Å². The molecule has 0 N–H and O–H groups in total. The molecule has 0 aliphatic carbocycles. The van der Waals surface area contributed by atoms with Gasteiger partial charge in [0.05, 0.1) is 6.04 Å². The van der Waals surface area contributed by atoms with E-state index in [-0.39, 0.29) is 5.78 Å². The lowest BCUT2D eigenvalue weighted by Crippen LogP contribution is -2.33. The number of benzene rings is 2. The summed E-state index contributed by atoms with van der Waals surface area (Å²) in [4.78, 5) is 42.7. The Balaban J connectivity index is 1.98. The zero-order valence-electron chi connectivity index (χ0n) is 17.5. The first-order valence-electron chi connectivity index (χ1n) is 9.96. The Morgan fingerprint density at radius 3 is 2.03 bits per heavy atom. The molecular weight excluding hydrogens is 364 g/mol. The summed E-state index contributed by atoms with van der Waals surface area (Å²) in [7, 11) is 3.94. The Morgan fingerprint density at radius 1 is 0.931 bits per heavy atom. The maximum absolute atomic E-state index is 13.3. The van der Waals surface area contributed by atoms with Gasteiger partial charge in [0, 0.05) is 12.1 Å². The largest absolute Gasteiger partial charge is 0.328 e. The molecule has 0 spiro atoms. The average molecular weight is 392 g/mol. The predicted molar refractivity (Wildman–Crippen MR) is 113 cm³/mol. The zero-order chi connectivity index (χ0) is 21.1. The van der Waals surface area contributed by atoms with Crippen LogP contribution in [0.1, 0.15) is 39.5 Å². The van der Waals surface area contributed by atoms with Crippen molar-refractivity contribution in [1.29, 1.82) is 0 Å². The van der Waals surface area contributed by atoms with E-state index >= 15 is 0 Å². The number of amides is 1. The Hall–Kier alpha value is -2.79. The van der Waals surface area contributed by atoms with Gasteiger partial charge in [-0.3, -0.25) is 14.4 Å². The fourth-order valence-electron chi connectivity index (χ4n) is 3.82. The quantitative estimate of drug-likeness (QED) is 0.412. The summed E-state index contributed by atoms with van der Waals surface area (Å²) in [5.74, 6) is -2.46. The summed E-state index contributed by atoms with van der Waals surface area (Å²) in [6.07, 6.45) is 0.736. The van der Waals surface area contributed by atoms with E-state index in [2.05, 4.69) is 0 Å². The molecule has 0 saturated carbocycles. The molecule has 0 bridgehead atoms. The minimum Gasteiger partial charge on any atom is -0.328 e. The minimum absolute atomic E-state index is 0.288. The van der Waals surface area contributed by atoms with Gasteiger partial charge in [-0.05, 0) is 46.5 Å². The number of ketones is 2. The molecule has 1 fully saturated rings. The van der Waals surface area contributed by atoms with Crippen molar-refractivity contribution in [3.05, 3.63) is 70.8 Å². The van der Waals surface area contributed by atoms with Crippen molar-refractivity contribution in [1.82, 2.24) is 9.80 Å². The molecule has 1 aliphatic rings. The van der Waals surface area contributed by atoms with E-state index in [9.17, 15) is 14.4 Å². The Kier molecular flexibility index (Phi) is 6.28. The lowest BCUT2D eigenvalue weighted by Gasteiger charge is -2.28. The number of aryl methyl sites for hydroxylation is 2. The van der Waals surface area contributed by atoms with Gasteiger partial charge in [-0.1, -0.05) is 59.7 Å². The normalized spacial score (nSPS) is 19.3. The molecule has 5 nitrogen and oxygen atoms in total. The number of carbonyl (C=O) groups excluding carboxylic acids is 3. The van der Waals surface area contributed by atoms with Crippen molar-refractivity contribution < 1.29 is 14.4 Å². The second-order valence-corrected chi connectivity index (χ2v) is 8.08. The monoisotopic (exact) mass is 392 g/mol. The van der Waals surface area contributed by atoms with Crippen LogP contribution in [0, 0.1) is 19.8 Å². The number of nitrogens with zero attached hydrogens (tertiary/aromatic N) is 2. The fourth-order valence-corrected chi connectivity index (χ4v) is 3.82. The van der Waals surface area contributed by atoms with Crippen LogP contribution in [-0.4, -0.2) is 54.5 Å². The Labute approximate surface area is 172 Å². The number of hydrogen-bond donors (Lipinski definition) is 0. The number of hydrogen-bond acceptors (Lipinski definition) is 4. The smallest absolute Gasteiger partial charge is 0.291 e.